The first-order chi connectivity index (χ1) is 22.9. The van der Waals surface area contributed by atoms with Crippen molar-refractivity contribution < 1.29 is 27.3 Å². The van der Waals surface area contributed by atoms with Crippen LogP contribution in [0.2, 0.25) is 0 Å². The lowest BCUT2D eigenvalue weighted by molar-refractivity contribution is -0.135. The largest absolute Gasteiger partial charge is 0.425 e. The number of carbonyl (C=O) groups excluding carboxylic acids is 2. The summed E-state index contributed by atoms with van der Waals surface area (Å²) in [5, 5.41) is 0.144. The van der Waals surface area contributed by atoms with Crippen molar-refractivity contribution in [2.45, 2.75) is 50.5 Å². The first-order valence-corrected chi connectivity index (χ1v) is 17.3. The molecule has 3 heterocycles. The van der Waals surface area contributed by atoms with Gasteiger partial charge < -0.3 is 14.5 Å². The summed E-state index contributed by atoms with van der Waals surface area (Å²) in [4.78, 5) is 52.0. The molecule has 48 heavy (non-hydrogen) atoms. The summed E-state index contributed by atoms with van der Waals surface area (Å²) in [7, 11) is -1.57. The van der Waals surface area contributed by atoms with Crippen LogP contribution in [0.3, 0.4) is 0 Å². The molecular formula is C35H35F2N5O5S. The lowest BCUT2D eigenvalue weighted by Crippen LogP contribution is -2.54. The van der Waals surface area contributed by atoms with Crippen molar-refractivity contribution in [3.05, 3.63) is 82.8 Å². The van der Waals surface area contributed by atoms with Gasteiger partial charge in [0.2, 0.25) is 5.91 Å². The van der Waals surface area contributed by atoms with Crippen LogP contribution in [0.15, 0.2) is 64.8 Å². The molecule has 1 aliphatic heterocycles. The lowest BCUT2D eigenvalue weighted by Gasteiger charge is -2.40. The van der Waals surface area contributed by atoms with Crippen LogP contribution in [-0.2, 0) is 20.4 Å². The molecular weight excluding hydrogens is 640 g/mol. The number of piperazine rings is 1. The van der Waals surface area contributed by atoms with Crippen LogP contribution in [0, 0.1) is 17.6 Å². The minimum Gasteiger partial charge on any atom is -0.425 e. The van der Waals surface area contributed by atoms with Gasteiger partial charge in [0.15, 0.2) is 11.5 Å². The molecule has 2 aliphatic rings. The van der Waals surface area contributed by atoms with E-state index in [-0.39, 0.29) is 64.2 Å². The van der Waals surface area contributed by atoms with E-state index < -0.39 is 39.8 Å². The van der Waals surface area contributed by atoms with Crippen LogP contribution in [0.25, 0.3) is 28.0 Å². The zero-order valence-corrected chi connectivity index (χ0v) is 27.9. The number of hydrogen-bond donors (Lipinski definition) is 0. The number of ether oxygens (including phenoxy) is 1. The number of fused-ring (bicyclic) bond motifs is 1. The minimum atomic E-state index is -1.57. The number of anilines is 1. The third-order valence-corrected chi connectivity index (χ3v) is 9.66. The summed E-state index contributed by atoms with van der Waals surface area (Å²) >= 11 is 0. The number of benzene rings is 2. The fourth-order valence-electron chi connectivity index (χ4n) is 6.11. The Balaban J connectivity index is 1.65. The average Bonchev–Trinajstić information content (AvgIpc) is 3.90. The Morgan fingerprint density at radius 1 is 1.08 bits per heavy atom. The molecule has 0 bridgehead atoms. The van der Waals surface area contributed by atoms with E-state index in [1.165, 1.54) is 29.0 Å². The number of para-hydroxylation sites is 1. The van der Waals surface area contributed by atoms with Crippen molar-refractivity contribution in [2.24, 2.45) is 5.92 Å². The normalized spacial score (nSPS) is 17.1. The van der Waals surface area contributed by atoms with Crippen LogP contribution < -0.4 is 15.3 Å². The highest BCUT2D eigenvalue weighted by Crippen LogP contribution is 2.39. The van der Waals surface area contributed by atoms with E-state index in [0.717, 1.165) is 12.1 Å². The standard InChI is InChI=1S/C35H35F2N5O5S/c1-6-28(43)40-15-16-41(20(4)18-40)32-23-17-25(37)30(29-24(36)10-8-11-26(29)47-34(44)21-13-14-21)38-33(23)42(35(45)39-32)31-22(19(2)3)9-7-12-27(31)48(5)46/h6-12,17,19-21H,1,13-16,18H2,2-5H3. The van der Waals surface area contributed by atoms with Crippen molar-refractivity contribution >= 4 is 39.5 Å². The minimum absolute atomic E-state index is 0.0549. The Labute approximate surface area is 278 Å². The lowest BCUT2D eigenvalue weighted by atomic mass is 10.0. The second-order valence-electron chi connectivity index (χ2n) is 12.4. The molecule has 2 atom stereocenters. The zero-order chi connectivity index (χ0) is 34.4. The summed E-state index contributed by atoms with van der Waals surface area (Å²) in [6.07, 6.45) is 4.03. The van der Waals surface area contributed by atoms with Crippen molar-refractivity contribution in [1.82, 2.24) is 19.4 Å². The van der Waals surface area contributed by atoms with Gasteiger partial charge in [-0.3, -0.25) is 13.8 Å². The summed E-state index contributed by atoms with van der Waals surface area (Å²) in [5.74, 6) is -3.10. The van der Waals surface area contributed by atoms with Crippen LogP contribution in [0.5, 0.6) is 5.75 Å². The molecule has 2 aromatic carbocycles. The summed E-state index contributed by atoms with van der Waals surface area (Å²) in [6, 6.07) is 9.82. The van der Waals surface area contributed by atoms with Gasteiger partial charge in [0, 0.05) is 31.9 Å². The van der Waals surface area contributed by atoms with Gasteiger partial charge in [0.05, 0.1) is 38.3 Å². The molecule has 1 saturated carbocycles. The first kappa shape index (κ1) is 33.1. The maximum absolute atomic E-state index is 16.4. The van der Waals surface area contributed by atoms with Crippen molar-refractivity contribution in [3.63, 3.8) is 0 Å². The molecule has 0 spiro atoms. The van der Waals surface area contributed by atoms with Crippen molar-refractivity contribution in [3.8, 4) is 22.7 Å². The molecule has 1 amide bonds. The monoisotopic (exact) mass is 675 g/mol. The van der Waals surface area contributed by atoms with Gasteiger partial charge >= 0.3 is 11.7 Å². The van der Waals surface area contributed by atoms with Crippen LogP contribution in [0.1, 0.15) is 45.1 Å². The number of esters is 1. The van der Waals surface area contributed by atoms with Crippen LogP contribution in [-0.4, -0.2) is 67.5 Å². The third-order valence-electron chi connectivity index (χ3n) is 8.71. The molecule has 2 aromatic heterocycles. The van der Waals surface area contributed by atoms with Gasteiger partial charge in [-0.25, -0.2) is 23.1 Å². The smallest absolute Gasteiger partial charge is 0.355 e. The zero-order valence-electron chi connectivity index (χ0n) is 27.0. The Hall–Kier alpha value is -4.78. The quantitative estimate of drug-likeness (QED) is 0.144. The molecule has 10 nitrogen and oxygen atoms in total. The molecule has 1 saturated heterocycles. The van der Waals surface area contributed by atoms with Gasteiger partial charge in [-0.05, 0) is 61.6 Å². The molecule has 0 N–H and O–H groups in total. The highest BCUT2D eigenvalue weighted by Gasteiger charge is 2.34. The van der Waals surface area contributed by atoms with E-state index in [1.807, 2.05) is 20.8 Å². The van der Waals surface area contributed by atoms with E-state index in [2.05, 4.69) is 16.5 Å². The Morgan fingerprint density at radius 3 is 2.46 bits per heavy atom. The molecule has 6 rings (SSSR count). The SMILES string of the molecule is C=CC(=O)N1CCN(c2nc(=O)n(-c3c(C(C)C)cccc3S(C)=O)c3nc(-c4c(F)cccc4OC(=O)C4CC4)c(F)cc23)C(C)C1. The molecule has 2 fully saturated rings. The number of aromatic nitrogens is 3. The summed E-state index contributed by atoms with van der Waals surface area (Å²) in [6.45, 7) is 10.1. The maximum atomic E-state index is 16.4. The number of carbonyl (C=O) groups is 2. The average molecular weight is 676 g/mol. The first-order valence-electron chi connectivity index (χ1n) is 15.7. The molecule has 250 valence electrons. The van der Waals surface area contributed by atoms with E-state index in [1.54, 1.807) is 28.0 Å². The van der Waals surface area contributed by atoms with Gasteiger partial charge in [0.1, 0.15) is 23.1 Å². The number of amides is 1. The van der Waals surface area contributed by atoms with Gasteiger partial charge in [-0.1, -0.05) is 38.6 Å². The molecule has 2 unspecified atom stereocenters. The van der Waals surface area contributed by atoms with Crippen LogP contribution >= 0.6 is 0 Å². The van der Waals surface area contributed by atoms with E-state index in [9.17, 15) is 18.6 Å². The second kappa shape index (κ2) is 13.0. The number of rotatable bonds is 8. The Bertz CT molecular complexity index is 2060. The van der Waals surface area contributed by atoms with E-state index >= 15 is 8.78 Å². The van der Waals surface area contributed by atoms with Gasteiger partial charge in [-0.2, -0.15) is 4.98 Å². The summed E-state index contributed by atoms with van der Waals surface area (Å²) < 4.78 is 51.8. The third kappa shape index (κ3) is 6.02. The van der Waals surface area contributed by atoms with Gasteiger partial charge in [0.25, 0.3) is 0 Å². The van der Waals surface area contributed by atoms with Gasteiger partial charge in [-0.15, -0.1) is 0 Å². The molecule has 13 heteroatoms. The van der Waals surface area contributed by atoms with E-state index in [4.69, 9.17) is 4.74 Å². The van der Waals surface area contributed by atoms with Crippen molar-refractivity contribution in [2.75, 3.05) is 30.8 Å². The van der Waals surface area contributed by atoms with Crippen LogP contribution in [0.4, 0.5) is 14.6 Å². The number of pyridine rings is 1. The predicted octanol–water partition coefficient (Wildman–Crippen LogP) is 5.13. The second-order valence-corrected chi connectivity index (χ2v) is 13.7. The number of halogens is 2. The Kier molecular flexibility index (Phi) is 8.99. The topological polar surface area (TPSA) is 115 Å². The predicted molar refractivity (Wildman–Crippen MR) is 179 cm³/mol. The number of nitrogens with zero attached hydrogens (tertiary/aromatic N) is 5. The van der Waals surface area contributed by atoms with E-state index in [0.29, 0.717) is 36.4 Å². The summed E-state index contributed by atoms with van der Waals surface area (Å²) in [5.41, 5.74) is -0.711. The molecule has 1 aliphatic carbocycles. The Morgan fingerprint density at radius 2 is 1.81 bits per heavy atom. The highest BCUT2D eigenvalue weighted by atomic mass is 32.2. The maximum Gasteiger partial charge on any atom is 0.355 e. The fourth-order valence-corrected chi connectivity index (χ4v) is 6.86. The fraction of sp³-hybridized carbons (Fsp3) is 0.343. The van der Waals surface area contributed by atoms with Crippen molar-refractivity contribution in [1.29, 1.82) is 0 Å². The highest BCUT2D eigenvalue weighted by molar-refractivity contribution is 7.84. The number of hydrogen-bond acceptors (Lipinski definition) is 8. The molecule has 0 radical (unpaired) electrons. The molecule has 4 aromatic rings.